The molecule has 0 saturated carbocycles. The molecular formula is C15H18FNO2. The number of likely N-dealkylation sites (tertiary alicyclic amines) is 1. The predicted octanol–water partition coefficient (Wildman–Crippen LogP) is 2.07. The average molecular weight is 263 g/mol. The number of aliphatic hydroxyl groups is 1. The van der Waals surface area contributed by atoms with E-state index < -0.39 is 0 Å². The first kappa shape index (κ1) is 13.7. The minimum Gasteiger partial charge on any atom is -0.396 e. The van der Waals surface area contributed by atoms with Gasteiger partial charge < -0.3 is 10.0 Å². The summed E-state index contributed by atoms with van der Waals surface area (Å²) in [6.45, 7) is 1.40. The molecular weight excluding hydrogens is 245 g/mol. The zero-order valence-corrected chi connectivity index (χ0v) is 10.8. The highest BCUT2D eigenvalue weighted by atomic mass is 19.1. The van der Waals surface area contributed by atoms with E-state index in [0.29, 0.717) is 18.7 Å². The van der Waals surface area contributed by atoms with Crippen LogP contribution >= 0.6 is 0 Å². The molecule has 1 atom stereocenters. The number of amides is 1. The monoisotopic (exact) mass is 263 g/mol. The van der Waals surface area contributed by atoms with Crippen LogP contribution in [0.3, 0.4) is 0 Å². The second-order valence-electron chi connectivity index (χ2n) is 4.83. The third-order valence-corrected chi connectivity index (χ3v) is 3.40. The van der Waals surface area contributed by atoms with Crippen LogP contribution in [0.15, 0.2) is 30.3 Å². The lowest BCUT2D eigenvalue weighted by atomic mass is 9.99. The molecule has 0 aromatic heterocycles. The molecule has 1 unspecified atom stereocenters. The van der Waals surface area contributed by atoms with Gasteiger partial charge in [-0.2, -0.15) is 0 Å². The van der Waals surface area contributed by atoms with E-state index in [-0.39, 0.29) is 24.2 Å². The lowest BCUT2D eigenvalue weighted by molar-refractivity contribution is -0.127. The van der Waals surface area contributed by atoms with Gasteiger partial charge in [-0.1, -0.05) is 18.2 Å². The number of benzene rings is 1. The van der Waals surface area contributed by atoms with Gasteiger partial charge in [-0.25, -0.2) is 4.39 Å². The zero-order valence-electron chi connectivity index (χ0n) is 10.8. The van der Waals surface area contributed by atoms with Gasteiger partial charge in [0.25, 0.3) is 0 Å². The third kappa shape index (κ3) is 3.64. The number of nitrogens with zero attached hydrogens (tertiary/aromatic N) is 1. The molecule has 1 heterocycles. The molecule has 0 spiro atoms. The Kier molecular flexibility index (Phi) is 4.68. The first-order chi connectivity index (χ1) is 9.20. The van der Waals surface area contributed by atoms with Crippen LogP contribution in [0.1, 0.15) is 18.4 Å². The van der Waals surface area contributed by atoms with Crippen LogP contribution in [0.2, 0.25) is 0 Å². The quantitative estimate of drug-likeness (QED) is 0.848. The van der Waals surface area contributed by atoms with E-state index in [0.717, 1.165) is 12.8 Å². The minimum atomic E-state index is -0.335. The summed E-state index contributed by atoms with van der Waals surface area (Å²) in [6, 6.07) is 6.35. The standard InChI is InChI=1S/C15H18FNO2/c16-14-6-2-1-5-13(14)7-8-15(19)17-9-3-4-12(10-17)11-18/h1-2,5-8,12,18H,3-4,9-11H2/b8-7+. The van der Waals surface area contributed by atoms with E-state index in [1.807, 2.05) is 0 Å². The number of carbonyl (C=O) groups excluding carboxylic acids is 1. The number of aliphatic hydroxyl groups excluding tert-OH is 1. The summed E-state index contributed by atoms with van der Waals surface area (Å²) in [7, 11) is 0. The Labute approximate surface area is 112 Å². The number of hydrogen-bond donors (Lipinski definition) is 1. The highest BCUT2D eigenvalue weighted by Crippen LogP contribution is 2.16. The molecule has 1 saturated heterocycles. The maximum Gasteiger partial charge on any atom is 0.246 e. The van der Waals surface area contributed by atoms with Gasteiger partial charge in [-0.15, -0.1) is 0 Å². The van der Waals surface area contributed by atoms with E-state index in [9.17, 15) is 9.18 Å². The largest absolute Gasteiger partial charge is 0.396 e. The summed E-state index contributed by atoms with van der Waals surface area (Å²) < 4.78 is 13.4. The smallest absolute Gasteiger partial charge is 0.246 e. The summed E-state index contributed by atoms with van der Waals surface area (Å²) in [5.74, 6) is -0.292. The SMILES string of the molecule is O=C(/C=C/c1ccccc1F)N1CCCC(CO)C1. The van der Waals surface area contributed by atoms with E-state index in [2.05, 4.69) is 0 Å². The lowest BCUT2D eigenvalue weighted by Gasteiger charge is -2.31. The molecule has 0 aliphatic carbocycles. The van der Waals surface area contributed by atoms with Crippen molar-refractivity contribution < 1.29 is 14.3 Å². The van der Waals surface area contributed by atoms with Crippen molar-refractivity contribution in [1.29, 1.82) is 0 Å². The second kappa shape index (κ2) is 6.48. The molecule has 1 aromatic carbocycles. The fraction of sp³-hybridized carbons (Fsp3) is 0.400. The molecule has 1 aliphatic heterocycles. The van der Waals surface area contributed by atoms with Gasteiger partial charge in [0.15, 0.2) is 0 Å². The summed E-state index contributed by atoms with van der Waals surface area (Å²) >= 11 is 0. The summed E-state index contributed by atoms with van der Waals surface area (Å²) in [6.07, 6.45) is 4.76. The summed E-state index contributed by atoms with van der Waals surface area (Å²) in [4.78, 5) is 13.7. The molecule has 1 fully saturated rings. The maximum atomic E-state index is 13.4. The summed E-state index contributed by atoms with van der Waals surface area (Å²) in [5, 5.41) is 9.13. The van der Waals surface area contributed by atoms with E-state index in [1.54, 1.807) is 23.1 Å². The van der Waals surface area contributed by atoms with Crippen molar-refractivity contribution in [2.75, 3.05) is 19.7 Å². The van der Waals surface area contributed by atoms with Gasteiger partial charge in [-0.3, -0.25) is 4.79 Å². The molecule has 1 amide bonds. The van der Waals surface area contributed by atoms with Crippen molar-refractivity contribution in [2.45, 2.75) is 12.8 Å². The second-order valence-corrected chi connectivity index (χ2v) is 4.83. The Morgan fingerprint density at radius 2 is 2.26 bits per heavy atom. The molecule has 0 radical (unpaired) electrons. The van der Waals surface area contributed by atoms with Crippen LogP contribution < -0.4 is 0 Å². The Morgan fingerprint density at radius 3 is 3.00 bits per heavy atom. The van der Waals surface area contributed by atoms with Crippen molar-refractivity contribution in [3.8, 4) is 0 Å². The van der Waals surface area contributed by atoms with Crippen LogP contribution in [-0.2, 0) is 4.79 Å². The molecule has 3 nitrogen and oxygen atoms in total. The van der Waals surface area contributed by atoms with Crippen molar-refractivity contribution >= 4 is 12.0 Å². The first-order valence-corrected chi connectivity index (χ1v) is 6.53. The Hall–Kier alpha value is -1.68. The summed E-state index contributed by atoms with van der Waals surface area (Å²) in [5.41, 5.74) is 0.409. The zero-order chi connectivity index (χ0) is 13.7. The maximum absolute atomic E-state index is 13.4. The van der Waals surface area contributed by atoms with Gasteiger partial charge in [0.05, 0.1) is 0 Å². The van der Waals surface area contributed by atoms with Gasteiger partial charge in [-0.05, 0) is 30.9 Å². The van der Waals surface area contributed by atoms with Gasteiger partial charge >= 0.3 is 0 Å². The number of hydrogen-bond acceptors (Lipinski definition) is 2. The molecule has 1 aromatic rings. The van der Waals surface area contributed by atoms with Crippen LogP contribution in [0.4, 0.5) is 4.39 Å². The van der Waals surface area contributed by atoms with Crippen molar-refractivity contribution in [2.24, 2.45) is 5.92 Å². The Morgan fingerprint density at radius 1 is 1.47 bits per heavy atom. The van der Waals surface area contributed by atoms with Crippen molar-refractivity contribution in [1.82, 2.24) is 4.90 Å². The molecule has 102 valence electrons. The topological polar surface area (TPSA) is 40.5 Å². The van der Waals surface area contributed by atoms with Crippen LogP contribution in [-0.4, -0.2) is 35.6 Å². The Balaban J connectivity index is 1.99. The Bertz CT molecular complexity index is 473. The molecule has 1 N–H and O–H groups in total. The third-order valence-electron chi connectivity index (χ3n) is 3.40. The molecule has 19 heavy (non-hydrogen) atoms. The predicted molar refractivity (Wildman–Crippen MR) is 71.8 cm³/mol. The average Bonchev–Trinajstić information content (AvgIpc) is 2.46. The molecule has 0 bridgehead atoms. The highest BCUT2D eigenvalue weighted by Gasteiger charge is 2.21. The van der Waals surface area contributed by atoms with Crippen LogP contribution in [0.5, 0.6) is 0 Å². The lowest BCUT2D eigenvalue weighted by Crippen LogP contribution is -2.40. The van der Waals surface area contributed by atoms with Crippen LogP contribution in [0.25, 0.3) is 6.08 Å². The first-order valence-electron chi connectivity index (χ1n) is 6.53. The van der Waals surface area contributed by atoms with Crippen molar-refractivity contribution in [3.63, 3.8) is 0 Å². The number of rotatable bonds is 3. The minimum absolute atomic E-state index is 0.112. The van der Waals surface area contributed by atoms with Gasteiger partial charge in [0.1, 0.15) is 5.82 Å². The number of carbonyl (C=O) groups is 1. The fourth-order valence-corrected chi connectivity index (χ4v) is 2.29. The van der Waals surface area contributed by atoms with Gasteiger partial charge in [0, 0.05) is 31.3 Å². The fourth-order valence-electron chi connectivity index (χ4n) is 2.29. The van der Waals surface area contributed by atoms with E-state index in [4.69, 9.17) is 5.11 Å². The molecule has 1 aliphatic rings. The van der Waals surface area contributed by atoms with E-state index in [1.165, 1.54) is 18.2 Å². The van der Waals surface area contributed by atoms with Gasteiger partial charge in [0.2, 0.25) is 5.91 Å². The highest BCUT2D eigenvalue weighted by molar-refractivity contribution is 5.91. The van der Waals surface area contributed by atoms with Crippen LogP contribution in [0, 0.1) is 11.7 Å². The molecule has 2 rings (SSSR count). The normalized spacial score (nSPS) is 19.9. The molecule has 4 heteroatoms. The van der Waals surface area contributed by atoms with Crippen molar-refractivity contribution in [3.05, 3.63) is 41.7 Å². The number of halogens is 1. The van der Waals surface area contributed by atoms with E-state index >= 15 is 0 Å². The number of piperidine rings is 1.